The lowest BCUT2D eigenvalue weighted by molar-refractivity contribution is 0.0617. The molecule has 0 atom stereocenters. The number of aryl methyl sites for hydroxylation is 1. The standard InChI is InChI=1S/C16H23BrN6O2/c1-4-12-18-11(21-25-12)9-22-5-7-23(8-6-22)16(24)15-13(17)14(10(2)3)19-20-15/h10H,4-9H2,1-3H3,(H,19,20). The second-order valence-electron chi connectivity index (χ2n) is 6.48. The van der Waals surface area contributed by atoms with Gasteiger partial charge >= 0.3 is 0 Å². The van der Waals surface area contributed by atoms with E-state index in [1.54, 1.807) is 0 Å². The van der Waals surface area contributed by atoms with Crippen LogP contribution in [-0.4, -0.2) is 62.2 Å². The number of amides is 1. The van der Waals surface area contributed by atoms with Gasteiger partial charge in [0.2, 0.25) is 5.89 Å². The molecule has 0 aromatic carbocycles. The summed E-state index contributed by atoms with van der Waals surface area (Å²) in [6.45, 7) is 9.64. The summed E-state index contributed by atoms with van der Waals surface area (Å²) >= 11 is 3.51. The van der Waals surface area contributed by atoms with Gasteiger partial charge in [-0.1, -0.05) is 25.9 Å². The second-order valence-corrected chi connectivity index (χ2v) is 7.27. The van der Waals surface area contributed by atoms with Gasteiger partial charge < -0.3 is 9.42 Å². The fourth-order valence-corrected chi connectivity index (χ4v) is 3.63. The molecule has 1 N–H and O–H groups in total. The van der Waals surface area contributed by atoms with Crippen LogP contribution < -0.4 is 0 Å². The fraction of sp³-hybridized carbons (Fsp3) is 0.625. The Hall–Kier alpha value is -1.74. The van der Waals surface area contributed by atoms with Gasteiger partial charge in [0, 0.05) is 32.6 Å². The van der Waals surface area contributed by atoms with Crippen molar-refractivity contribution in [2.75, 3.05) is 26.2 Å². The fourth-order valence-electron chi connectivity index (χ4n) is 2.82. The Morgan fingerprint density at radius 3 is 2.60 bits per heavy atom. The monoisotopic (exact) mass is 410 g/mol. The van der Waals surface area contributed by atoms with Crippen LogP contribution in [0.25, 0.3) is 0 Å². The Morgan fingerprint density at radius 1 is 1.32 bits per heavy atom. The number of halogens is 1. The van der Waals surface area contributed by atoms with E-state index in [0.29, 0.717) is 37.0 Å². The van der Waals surface area contributed by atoms with Crippen LogP contribution in [-0.2, 0) is 13.0 Å². The number of aromatic amines is 1. The summed E-state index contributed by atoms with van der Waals surface area (Å²) in [5, 5.41) is 11.1. The summed E-state index contributed by atoms with van der Waals surface area (Å²) in [5.74, 6) is 1.60. The largest absolute Gasteiger partial charge is 0.339 e. The number of aromatic nitrogens is 4. The van der Waals surface area contributed by atoms with Gasteiger partial charge in [-0.2, -0.15) is 10.1 Å². The van der Waals surface area contributed by atoms with Crippen molar-refractivity contribution in [1.82, 2.24) is 30.1 Å². The Bertz CT molecular complexity index is 733. The highest BCUT2D eigenvalue weighted by molar-refractivity contribution is 9.10. The van der Waals surface area contributed by atoms with E-state index in [0.717, 1.165) is 29.7 Å². The topological polar surface area (TPSA) is 91.2 Å². The number of rotatable bonds is 5. The Morgan fingerprint density at radius 2 is 2.04 bits per heavy atom. The minimum atomic E-state index is -0.0393. The summed E-state index contributed by atoms with van der Waals surface area (Å²) in [6.07, 6.45) is 0.742. The number of carbonyl (C=O) groups excluding carboxylic acids is 1. The third-order valence-electron chi connectivity index (χ3n) is 4.35. The van der Waals surface area contributed by atoms with E-state index in [1.165, 1.54) is 0 Å². The van der Waals surface area contributed by atoms with Crippen LogP contribution in [0.2, 0.25) is 0 Å². The summed E-state index contributed by atoms with van der Waals surface area (Å²) in [6, 6.07) is 0. The molecule has 0 spiro atoms. The number of H-pyrrole nitrogens is 1. The lowest BCUT2D eigenvalue weighted by Gasteiger charge is -2.33. The molecule has 1 aliphatic rings. The van der Waals surface area contributed by atoms with E-state index < -0.39 is 0 Å². The predicted octanol–water partition coefficient (Wildman–Crippen LogP) is 2.20. The molecule has 3 rings (SSSR count). The molecule has 0 saturated carbocycles. The maximum absolute atomic E-state index is 12.7. The smallest absolute Gasteiger partial charge is 0.275 e. The van der Waals surface area contributed by atoms with Crippen molar-refractivity contribution < 1.29 is 9.32 Å². The van der Waals surface area contributed by atoms with Crippen LogP contribution in [0.1, 0.15) is 54.6 Å². The highest BCUT2D eigenvalue weighted by Crippen LogP contribution is 2.26. The second kappa shape index (κ2) is 7.65. The number of nitrogens with zero attached hydrogens (tertiary/aromatic N) is 5. The first-order valence-electron chi connectivity index (χ1n) is 8.56. The third kappa shape index (κ3) is 3.92. The zero-order valence-electron chi connectivity index (χ0n) is 14.8. The number of piperazine rings is 1. The minimum absolute atomic E-state index is 0.0393. The average Bonchev–Trinajstić information content (AvgIpc) is 3.21. The summed E-state index contributed by atoms with van der Waals surface area (Å²) < 4.78 is 5.91. The molecule has 0 bridgehead atoms. The molecule has 2 aromatic heterocycles. The number of hydrogen-bond donors (Lipinski definition) is 1. The molecule has 0 radical (unpaired) electrons. The molecule has 3 heterocycles. The molecule has 1 amide bonds. The molecule has 136 valence electrons. The van der Waals surface area contributed by atoms with Crippen molar-refractivity contribution in [3.8, 4) is 0 Å². The first-order chi connectivity index (χ1) is 12.0. The first-order valence-corrected chi connectivity index (χ1v) is 9.35. The van der Waals surface area contributed by atoms with Crippen molar-refractivity contribution in [3.63, 3.8) is 0 Å². The molecule has 0 unspecified atom stereocenters. The van der Waals surface area contributed by atoms with Gasteiger partial charge in [-0.15, -0.1) is 0 Å². The van der Waals surface area contributed by atoms with Crippen molar-refractivity contribution in [3.05, 3.63) is 27.6 Å². The van der Waals surface area contributed by atoms with Crippen LogP contribution in [0.5, 0.6) is 0 Å². The highest BCUT2D eigenvalue weighted by Gasteiger charge is 2.27. The summed E-state index contributed by atoms with van der Waals surface area (Å²) in [7, 11) is 0. The highest BCUT2D eigenvalue weighted by atomic mass is 79.9. The van der Waals surface area contributed by atoms with Gasteiger partial charge in [0.05, 0.1) is 16.7 Å². The molecule has 1 fully saturated rings. The van der Waals surface area contributed by atoms with Gasteiger partial charge in [0.25, 0.3) is 5.91 Å². The molecule has 25 heavy (non-hydrogen) atoms. The Balaban J connectivity index is 1.57. The van der Waals surface area contributed by atoms with E-state index in [4.69, 9.17) is 4.52 Å². The average molecular weight is 411 g/mol. The molecule has 1 saturated heterocycles. The van der Waals surface area contributed by atoms with Gasteiger partial charge in [-0.25, -0.2) is 0 Å². The quantitative estimate of drug-likeness (QED) is 0.811. The third-order valence-corrected chi connectivity index (χ3v) is 5.15. The van der Waals surface area contributed by atoms with Crippen LogP contribution in [0.15, 0.2) is 9.00 Å². The van der Waals surface area contributed by atoms with E-state index in [2.05, 4.69) is 55.0 Å². The molecule has 2 aromatic rings. The molecule has 9 heteroatoms. The zero-order chi connectivity index (χ0) is 18.0. The molecular formula is C16H23BrN6O2. The summed E-state index contributed by atoms with van der Waals surface area (Å²) in [4.78, 5) is 21.1. The van der Waals surface area contributed by atoms with Gasteiger partial charge in [0.15, 0.2) is 11.5 Å². The van der Waals surface area contributed by atoms with Gasteiger partial charge in [-0.05, 0) is 21.8 Å². The maximum atomic E-state index is 12.7. The minimum Gasteiger partial charge on any atom is -0.339 e. The number of hydrogen-bond acceptors (Lipinski definition) is 6. The van der Waals surface area contributed by atoms with Crippen molar-refractivity contribution >= 4 is 21.8 Å². The maximum Gasteiger partial charge on any atom is 0.275 e. The zero-order valence-corrected chi connectivity index (χ0v) is 16.3. The van der Waals surface area contributed by atoms with Gasteiger partial charge in [0.1, 0.15) is 0 Å². The molecule has 8 nitrogen and oxygen atoms in total. The van der Waals surface area contributed by atoms with E-state index in [1.807, 2.05) is 11.8 Å². The van der Waals surface area contributed by atoms with Crippen molar-refractivity contribution in [1.29, 1.82) is 0 Å². The molecule has 0 aliphatic carbocycles. The van der Waals surface area contributed by atoms with Crippen LogP contribution in [0.4, 0.5) is 0 Å². The Kier molecular flexibility index (Phi) is 5.53. The van der Waals surface area contributed by atoms with Crippen LogP contribution >= 0.6 is 15.9 Å². The SMILES string of the molecule is CCc1nc(CN2CCN(C(=O)c3n[nH]c(C(C)C)c3Br)CC2)no1. The summed E-state index contributed by atoms with van der Waals surface area (Å²) in [5.41, 5.74) is 1.41. The first kappa shape index (κ1) is 18.1. The normalized spacial score (nSPS) is 16.0. The van der Waals surface area contributed by atoms with Crippen LogP contribution in [0.3, 0.4) is 0 Å². The van der Waals surface area contributed by atoms with Crippen molar-refractivity contribution in [2.45, 2.75) is 39.7 Å². The lowest BCUT2D eigenvalue weighted by Crippen LogP contribution is -2.48. The number of nitrogens with one attached hydrogen (secondary N) is 1. The van der Waals surface area contributed by atoms with Crippen molar-refractivity contribution in [2.24, 2.45) is 0 Å². The molecular weight excluding hydrogens is 388 g/mol. The van der Waals surface area contributed by atoms with E-state index >= 15 is 0 Å². The van der Waals surface area contributed by atoms with E-state index in [-0.39, 0.29) is 11.8 Å². The number of carbonyl (C=O) groups is 1. The Labute approximate surface area is 155 Å². The lowest BCUT2D eigenvalue weighted by atomic mass is 10.1. The predicted molar refractivity (Wildman–Crippen MR) is 95.2 cm³/mol. The van der Waals surface area contributed by atoms with Crippen LogP contribution in [0, 0.1) is 0 Å². The van der Waals surface area contributed by atoms with E-state index in [9.17, 15) is 4.79 Å². The van der Waals surface area contributed by atoms with Gasteiger partial charge in [-0.3, -0.25) is 14.8 Å². The molecule has 1 aliphatic heterocycles.